The van der Waals surface area contributed by atoms with Gasteiger partial charge in [0.1, 0.15) is 11.2 Å². The molecule has 3 aliphatic heterocycles. The zero-order chi connectivity index (χ0) is 25.4. The summed E-state index contributed by atoms with van der Waals surface area (Å²) < 4.78 is 6.25. The molecule has 194 valence electrons. The predicted octanol–water partition coefficient (Wildman–Crippen LogP) is 4.84. The van der Waals surface area contributed by atoms with Gasteiger partial charge in [0.05, 0.1) is 4.24 Å². The molecule has 1 saturated carbocycles. The lowest BCUT2D eigenvalue weighted by atomic mass is 9.67. The maximum atomic E-state index is 13.6. The maximum Gasteiger partial charge on any atom is 0.410 e. The smallest absolute Gasteiger partial charge is 0.410 e. The third-order valence-corrected chi connectivity index (χ3v) is 9.73. The number of ether oxygens (including phenoxy) is 1. The minimum Gasteiger partial charge on any atom is -0.444 e. The van der Waals surface area contributed by atoms with Gasteiger partial charge in [-0.15, -0.1) is 23.5 Å². The molecule has 0 atom stereocenters. The molecule has 0 N–H and O–H groups in total. The van der Waals surface area contributed by atoms with Crippen molar-refractivity contribution in [2.24, 2.45) is 5.41 Å². The lowest BCUT2D eigenvalue weighted by molar-refractivity contribution is -0.138. The zero-order valence-electron chi connectivity index (χ0n) is 21.3. The second kappa shape index (κ2) is 10.4. The van der Waals surface area contributed by atoms with Crippen LogP contribution >= 0.6 is 23.5 Å². The Bertz CT molecular complexity index is 905. The number of nitrogens with zero attached hydrogens (tertiary/aromatic N) is 3. The van der Waals surface area contributed by atoms with Crippen molar-refractivity contribution in [2.75, 3.05) is 31.1 Å². The fraction of sp³-hybridized carbons (Fsp3) is 0.760. The number of imide groups is 2. The van der Waals surface area contributed by atoms with Crippen LogP contribution in [-0.4, -0.2) is 81.4 Å². The summed E-state index contributed by atoms with van der Waals surface area (Å²) in [6.07, 6.45) is 5.41. The van der Waals surface area contributed by atoms with Gasteiger partial charge in [0.15, 0.2) is 0 Å². The van der Waals surface area contributed by atoms with Gasteiger partial charge >= 0.3 is 12.1 Å². The number of unbranched alkanes of at least 4 members (excludes halogenated alkanes) is 1. The van der Waals surface area contributed by atoms with Gasteiger partial charge in [0.25, 0.3) is 11.8 Å². The highest BCUT2D eigenvalue weighted by Crippen LogP contribution is 2.46. The number of barbiturate groups is 1. The summed E-state index contributed by atoms with van der Waals surface area (Å²) >= 11 is 3.12. The minimum atomic E-state index is -0.519. The normalized spacial score (nSPS) is 23.8. The molecule has 0 aromatic heterocycles. The van der Waals surface area contributed by atoms with E-state index in [1.54, 1.807) is 28.4 Å². The van der Waals surface area contributed by atoms with Crippen LogP contribution in [0.4, 0.5) is 9.59 Å². The van der Waals surface area contributed by atoms with E-state index in [1.165, 1.54) is 9.80 Å². The van der Waals surface area contributed by atoms with Gasteiger partial charge in [-0.3, -0.25) is 19.4 Å². The predicted molar refractivity (Wildman–Crippen MR) is 138 cm³/mol. The Morgan fingerprint density at radius 2 is 1.69 bits per heavy atom. The molecule has 10 heteroatoms. The summed E-state index contributed by atoms with van der Waals surface area (Å²) in [5.74, 6) is 0.917. The molecule has 5 amide bonds. The number of likely N-dealkylation sites (tertiary alicyclic amines) is 1. The molecule has 0 aromatic rings. The SMILES string of the molecule is CCCCN1C(=O)C(=C2SCCCS2)C(=O)N(C2CCC3(CC2)CN(C(=O)OC(C)(C)C)C3)C1=O. The Morgan fingerprint density at radius 1 is 1.06 bits per heavy atom. The average molecular weight is 524 g/mol. The monoisotopic (exact) mass is 523 g/mol. The standard InChI is InChI=1S/C25H37N3O5S2/c1-5-6-12-27-19(29)18(21-34-13-7-14-35-21)20(30)28(22(27)31)17-8-10-25(11-9-17)15-26(16-25)23(32)33-24(2,3)4/h17H,5-16H2,1-4H3. The highest BCUT2D eigenvalue weighted by molar-refractivity contribution is 8.22. The van der Waals surface area contributed by atoms with Crippen molar-refractivity contribution in [3.05, 3.63) is 9.81 Å². The molecule has 35 heavy (non-hydrogen) atoms. The van der Waals surface area contributed by atoms with Crippen molar-refractivity contribution < 1.29 is 23.9 Å². The molecule has 4 fully saturated rings. The number of rotatable bonds is 4. The van der Waals surface area contributed by atoms with Gasteiger partial charge in [-0.1, -0.05) is 13.3 Å². The number of hydrogen-bond donors (Lipinski definition) is 0. The van der Waals surface area contributed by atoms with Crippen molar-refractivity contribution in [3.63, 3.8) is 0 Å². The summed E-state index contributed by atoms with van der Waals surface area (Å²) in [5, 5.41) is 0. The van der Waals surface area contributed by atoms with Crippen molar-refractivity contribution in [1.82, 2.24) is 14.7 Å². The second-order valence-electron chi connectivity index (χ2n) is 11.0. The molecule has 1 spiro atoms. The molecular weight excluding hydrogens is 486 g/mol. The van der Waals surface area contributed by atoms with E-state index in [9.17, 15) is 19.2 Å². The molecule has 8 nitrogen and oxygen atoms in total. The first-order valence-electron chi connectivity index (χ1n) is 12.7. The van der Waals surface area contributed by atoms with E-state index in [2.05, 4.69) is 0 Å². The first kappa shape index (κ1) is 26.4. The Balaban J connectivity index is 1.46. The van der Waals surface area contributed by atoms with Gasteiger partial charge in [-0.2, -0.15) is 0 Å². The molecule has 0 radical (unpaired) electrons. The molecule has 0 aromatic carbocycles. The molecule has 1 aliphatic carbocycles. The summed E-state index contributed by atoms with van der Waals surface area (Å²) in [4.78, 5) is 57.0. The highest BCUT2D eigenvalue weighted by atomic mass is 32.2. The van der Waals surface area contributed by atoms with Crippen molar-refractivity contribution >= 4 is 47.5 Å². The van der Waals surface area contributed by atoms with Crippen LogP contribution in [0, 0.1) is 5.41 Å². The van der Waals surface area contributed by atoms with Crippen LogP contribution in [0.15, 0.2) is 9.81 Å². The molecule has 4 rings (SSSR count). The number of amides is 5. The van der Waals surface area contributed by atoms with Gasteiger partial charge in [-0.25, -0.2) is 9.59 Å². The highest BCUT2D eigenvalue weighted by Gasteiger charge is 2.52. The van der Waals surface area contributed by atoms with Crippen LogP contribution < -0.4 is 0 Å². The number of carbonyl (C=O) groups is 4. The number of thioether (sulfide) groups is 2. The van der Waals surface area contributed by atoms with Crippen LogP contribution in [0.1, 0.15) is 72.6 Å². The number of hydrogen-bond acceptors (Lipinski definition) is 7. The van der Waals surface area contributed by atoms with E-state index < -0.39 is 23.4 Å². The first-order chi connectivity index (χ1) is 16.6. The van der Waals surface area contributed by atoms with Crippen LogP contribution in [0.3, 0.4) is 0 Å². The molecule has 3 saturated heterocycles. The summed E-state index contributed by atoms with van der Waals surface area (Å²) in [6.45, 7) is 9.25. The number of carbonyl (C=O) groups excluding carboxylic acids is 4. The average Bonchev–Trinajstić information content (AvgIpc) is 2.77. The molecule has 4 aliphatic rings. The molecule has 3 heterocycles. The van der Waals surface area contributed by atoms with E-state index in [-0.39, 0.29) is 23.1 Å². The van der Waals surface area contributed by atoms with Crippen LogP contribution in [0.5, 0.6) is 0 Å². The van der Waals surface area contributed by atoms with Crippen molar-refractivity contribution in [1.29, 1.82) is 0 Å². The van der Waals surface area contributed by atoms with Gasteiger partial charge in [0.2, 0.25) is 0 Å². The van der Waals surface area contributed by atoms with Crippen LogP contribution in [0.2, 0.25) is 0 Å². The Hall–Kier alpha value is -1.68. The fourth-order valence-corrected chi connectivity index (χ4v) is 7.85. The van der Waals surface area contributed by atoms with Crippen molar-refractivity contribution in [3.8, 4) is 0 Å². The summed E-state index contributed by atoms with van der Waals surface area (Å²) in [5.41, 5.74) is -0.298. The van der Waals surface area contributed by atoms with Crippen molar-refractivity contribution in [2.45, 2.75) is 84.3 Å². The van der Waals surface area contributed by atoms with E-state index >= 15 is 0 Å². The summed E-state index contributed by atoms with van der Waals surface area (Å²) in [6, 6.07) is -0.684. The fourth-order valence-electron chi connectivity index (χ4n) is 5.24. The molecule has 0 unspecified atom stereocenters. The van der Waals surface area contributed by atoms with Gasteiger partial charge < -0.3 is 9.64 Å². The third kappa shape index (κ3) is 5.53. The second-order valence-corrected chi connectivity index (χ2v) is 13.5. The zero-order valence-corrected chi connectivity index (χ0v) is 22.9. The first-order valence-corrected chi connectivity index (χ1v) is 14.7. The lowest BCUT2D eigenvalue weighted by Gasteiger charge is -2.54. The Kier molecular flexibility index (Phi) is 7.81. The topological polar surface area (TPSA) is 87.2 Å². The van der Waals surface area contributed by atoms with E-state index in [0.29, 0.717) is 32.5 Å². The Morgan fingerprint density at radius 3 is 2.26 bits per heavy atom. The maximum absolute atomic E-state index is 13.6. The van der Waals surface area contributed by atoms with Crippen LogP contribution in [-0.2, 0) is 14.3 Å². The quantitative estimate of drug-likeness (QED) is 0.385. The molecular formula is C25H37N3O5S2. The lowest BCUT2D eigenvalue weighted by Crippen LogP contribution is -2.64. The van der Waals surface area contributed by atoms with Gasteiger partial charge in [0, 0.05) is 31.1 Å². The molecule has 0 bridgehead atoms. The van der Waals surface area contributed by atoms with Crippen LogP contribution in [0.25, 0.3) is 0 Å². The van der Waals surface area contributed by atoms with Gasteiger partial charge in [-0.05, 0) is 70.8 Å². The Labute approximate surface area is 216 Å². The van der Waals surface area contributed by atoms with E-state index in [0.717, 1.165) is 47.8 Å². The minimum absolute atomic E-state index is 0.0311. The number of urea groups is 1. The summed E-state index contributed by atoms with van der Waals surface area (Å²) in [7, 11) is 0. The largest absolute Gasteiger partial charge is 0.444 e. The van der Waals surface area contributed by atoms with E-state index in [4.69, 9.17) is 4.74 Å². The van der Waals surface area contributed by atoms with E-state index in [1.807, 2.05) is 27.7 Å². The third-order valence-electron chi connectivity index (χ3n) is 7.11.